The molecule has 0 atom stereocenters. The molecule has 4 heteroatoms. The first kappa shape index (κ1) is 12.6. The lowest BCUT2D eigenvalue weighted by Gasteiger charge is -2.02. The van der Waals surface area contributed by atoms with Crippen LogP contribution in [0.2, 0.25) is 5.02 Å². The molecular formula is C12H12ClNO2. The third kappa shape index (κ3) is 3.27. The molecule has 0 radical (unpaired) electrons. The van der Waals surface area contributed by atoms with Crippen molar-refractivity contribution >= 4 is 17.6 Å². The van der Waals surface area contributed by atoms with Crippen molar-refractivity contribution in [1.82, 2.24) is 5.32 Å². The Morgan fingerprint density at radius 2 is 2.31 bits per heavy atom. The molecule has 1 aromatic rings. The van der Waals surface area contributed by atoms with Crippen molar-refractivity contribution in [3.63, 3.8) is 0 Å². The van der Waals surface area contributed by atoms with Crippen molar-refractivity contribution in [1.29, 1.82) is 0 Å². The lowest BCUT2D eigenvalue weighted by atomic mass is 10.1. The second-order valence-corrected chi connectivity index (χ2v) is 3.43. The smallest absolute Gasteiger partial charge is 0.339 e. The molecule has 0 aliphatic rings. The predicted molar refractivity (Wildman–Crippen MR) is 63.6 cm³/mol. The summed E-state index contributed by atoms with van der Waals surface area (Å²) in [5.41, 5.74) is 1.07. The number of carbonyl (C=O) groups is 1. The monoisotopic (exact) mass is 237 g/mol. The summed E-state index contributed by atoms with van der Waals surface area (Å²) in [6.45, 7) is 0.593. The first-order valence-electron chi connectivity index (χ1n) is 4.70. The molecule has 3 nitrogen and oxygen atoms in total. The molecule has 16 heavy (non-hydrogen) atoms. The molecule has 0 amide bonds. The third-order valence-corrected chi connectivity index (χ3v) is 2.20. The minimum absolute atomic E-state index is 0.334. The number of hydrogen-bond acceptors (Lipinski definition) is 3. The summed E-state index contributed by atoms with van der Waals surface area (Å²) in [4.78, 5) is 11.3. The van der Waals surface area contributed by atoms with E-state index in [2.05, 4.69) is 21.9 Å². The summed E-state index contributed by atoms with van der Waals surface area (Å²) in [6.07, 6.45) is 0. The van der Waals surface area contributed by atoms with Gasteiger partial charge < -0.3 is 10.1 Å². The van der Waals surface area contributed by atoms with Gasteiger partial charge in [-0.15, -0.1) is 0 Å². The normalized spacial score (nSPS) is 9.19. The van der Waals surface area contributed by atoms with E-state index in [-0.39, 0.29) is 0 Å². The molecule has 1 rings (SSSR count). The van der Waals surface area contributed by atoms with E-state index < -0.39 is 5.97 Å². The van der Waals surface area contributed by atoms with Crippen molar-refractivity contribution in [2.45, 2.75) is 0 Å². The van der Waals surface area contributed by atoms with E-state index in [0.717, 1.165) is 5.56 Å². The molecule has 0 aliphatic heterocycles. The number of methoxy groups -OCH3 is 1. The molecule has 1 N–H and O–H groups in total. The fraction of sp³-hybridized carbons (Fsp3) is 0.250. The summed E-state index contributed by atoms with van der Waals surface area (Å²) < 4.78 is 4.61. The van der Waals surface area contributed by atoms with Gasteiger partial charge in [-0.05, 0) is 25.2 Å². The second-order valence-electron chi connectivity index (χ2n) is 3.02. The van der Waals surface area contributed by atoms with Gasteiger partial charge in [0, 0.05) is 5.56 Å². The number of halogens is 1. The topological polar surface area (TPSA) is 38.3 Å². The molecule has 0 unspecified atom stereocenters. The van der Waals surface area contributed by atoms with Crippen molar-refractivity contribution in [2.24, 2.45) is 0 Å². The van der Waals surface area contributed by atoms with Gasteiger partial charge >= 0.3 is 5.97 Å². The Morgan fingerprint density at radius 3 is 2.94 bits per heavy atom. The minimum Gasteiger partial charge on any atom is -0.465 e. The van der Waals surface area contributed by atoms with Crippen LogP contribution < -0.4 is 5.32 Å². The Balaban J connectivity index is 2.99. The SMILES string of the molecule is CNCC#Cc1ccc(Cl)c(C(=O)OC)c1. The largest absolute Gasteiger partial charge is 0.465 e. The minimum atomic E-state index is -0.456. The van der Waals surface area contributed by atoms with Crippen LogP contribution >= 0.6 is 11.6 Å². The average Bonchev–Trinajstić information content (AvgIpc) is 2.30. The van der Waals surface area contributed by atoms with Gasteiger partial charge in [0.05, 0.1) is 24.2 Å². The molecule has 0 saturated carbocycles. The first-order valence-corrected chi connectivity index (χ1v) is 5.08. The summed E-state index contributed by atoms with van der Waals surface area (Å²) in [5.74, 6) is 5.36. The molecule has 0 aliphatic carbocycles. The Bertz CT molecular complexity index is 446. The lowest BCUT2D eigenvalue weighted by molar-refractivity contribution is 0.0601. The summed E-state index contributed by atoms with van der Waals surface area (Å²) in [7, 11) is 3.13. The van der Waals surface area contributed by atoms with Crippen molar-refractivity contribution in [2.75, 3.05) is 20.7 Å². The molecule has 0 fully saturated rings. The van der Waals surface area contributed by atoms with Crippen molar-refractivity contribution < 1.29 is 9.53 Å². The zero-order chi connectivity index (χ0) is 12.0. The van der Waals surface area contributed by atoms with Gasteiger partial charge in [-0.3, -0.25) is 0 Å². The number of ether oxygens (including phenoxy) is 1. The maximum absolute atomic E-state index is 11.3. The summed E-state index contributed by atoms with van der Waals surface area (Å²) in [6, 6.07) is 5.02. The van der Waals surface area contributed by atoms with Crippen LogP contribution in [0, 0.1) is 11.8 Å². The van der Waals surface area contributed by atoms with E-state index in [1.54, 1.807) is 18.2 Å². The first-order chi connectivity index (χ1) is 7.69. The molecule has 84 valence electrons. The van der Waals surface area contributed by atoms with Gasteiger partial charge in [0.1, 0.15) is 0 Å². The van der Waals surface area contributed by atoms with Gasteiger partial charge in [-0.25, -0.2) is 4.79 Å². The molecular weight excluding hydrogens is 226 g/mol. The Labute approximate surface area is 99.7 Å². The quantitative estimate of drug-likeness (QED) is 0.629. The average molecular weight is 238 g/mol. The lowest BCUT2D eigenvalue weighted by Crippen LogP contribution is -2.04. The van der Waals surface area contributed by atoms with E-state index in [9.17, 15) is 4.79 Å². The van der Waals surface area contributed by atoms with Gasteiger partial charge in [0.2, 0.25) is 0 Å². The zero-order valence-electron chi connectivity index (χ0n) is 9.13. The highest BCUT2D eigenvalue weighted by Crippen LogP contribution is 2.18. The standard InChI is InChI=1S/C12H12ClNO2/c1-14-7-3-4-9-5-6-11(13)10(8-9)12(15)16-2/h5-6,8,14H,7H2,1-2H3. The number of esters is 1. The van der Waals surface area contributed by atoms with E-state index in [1.807, 2.05) is 7.05 Å². The van der Waals surface area contributed by atoms with Gasteiger partial charge in [-0.2, -0.15) is 0 Å². The van der Waals surface area contributed by atoms with Crippen LogP contribution in [0.5, 0.6) is 0 Å². The van der Waals surface area contributed by atoms with E-state index in [4.69, 9.17) is 11.6 Å². The summed E-state index contributed by atoms with van der Waals surface area (Å²) >= 11 is 5.87. The molecule has 0 bridgehead atoms. The van der Waals surface area contributed by atoms with E-state index in [0.29, 0.717) is 17.1 Å². The van der Waals surface area contributed by atoms with Crippen LogP contribution in [-0.2, 0) is 4.74 Å². The predicted octanol–water partition coefficient (Wildman–Crippen LogP) is 1.70. The molecule has 1 aromatic carbocycles. The highest BCUT2D eigenvalue weighted by atomic mass is 35.5. The third-order valence-electron chi connectivity index (χ3n) is 1.87. The maximum Gasteiger partial charge on any atom is 0.339 e. The van der Waals surface area contributed by atoms with Gasteiger partial charge in [0.15, 0.2) is 0 Å². The van der Waals surface area contributed by atoms with Crippen molar-refractivity contribution in [3.05, 3.63) is 34.3 Å². The van der Waals surface area contributed by atoms with E-state index >= 15 is 0 Å². The molecule has 0 spiro atoms. The number of rotatable bonds is 2. The molecule has 0 aromatic heterocycles. The zero-order valence-corrected chi connectivity index (χ0v) is 9.89. The number of hydrogen-bond donors (Lipinski definition) is 1. The highest BCUT2D eigenvalue weighted by Gasteiger charge is 2.10. The number of carbonyl (C=O) groups excluding carboxylic acids is 1. The van der Waals surface area contributed by atoms with E-state index in [1.165, 1.54) is 7.11 Å². The number of benzene rings is 1. The Hall–Kier alpha value is -1.50. The van der Waals surface area contributed by atoms with Crippen LogP contribution in [0.25, 0.3) is 0 Å². The second kappa shape index (κ2) is 6.16. The van der Waals surface area contributed by atoms with Crippen LogP contribution in [0.3, 0.4) is 0 Å². The maximum atomic E-state index is 11.3. The number of nitrogens with one attached hydrogen (secondary N) is 1. The fourth-order valence-corrected chi connectivity index (χ4v) is 1.30. The molecule has 0 saturated heterocycles. The fourth-order valence-electron chi connectivity index (χ4n) is 1.10. The van der Waals surface area contributed by atoms with Crippen molar-refractivity contribution in [3.8, 4) is 11.8 Å². The summed E-state index contributed by atoms with van der Waals surface area (Å²) in [5, 5.41) is 3.27. The highest BCUT2D eigenvalue weighted by molar-refractivity contribution is 6.33. The Morgan fingerprint density at radius 1 is 1.56 bits per heavy atom. The van der Waals surface area contributed by atoms with Crippen LogP contribution in [0.4, 0.5) is 0 Å². The van der Waals surface area contributed by atoms with Crippen LogP contribution in [-0.4, -0.2) is 26.7 Å². The Kier molecular flexibility index (Phi) is 4.84. The van der Waals surface area contributed by atoms with Crippen LogP contribution in [0.15, 0.2) is 18.2 Å². The van der Waals surface area contributed by atoms with Gasteiger partial charge in [-0.1, -0.05) is 23.4 Å². The molecule has 0 heterocycles. The van der Waals surface area contributed by atoms with Crippen LogP contribution in [0.1, 0.15) is 15.9 Å². The van der Waals surface area contributed by atoms with Gasteiger partial charge in [0.25, 0.3) is 0 Å².